The number of carbonyl (C=O) groups is 1. The maximum Gasteiger partial charge on any atom is 0.203 e. The van der Waals surface area contributed by atoms with Crippen molar-refractivity contribution in [3.05, 3.63) is 83.1 Å². The van der Waals surface area contributed by atoms with Crippen molar-refractivity contribution in [1.82, 2.24) is 0 Å². The van der Waals surface area contributed by atoms with E-state index in [-0.39, 0.29) is 17.7 Å². The van der Waals surface area contributed by atoms with Crippen LogP contribution in [0.3, 0.4) is 0 Å². The van der Waals surface area contributed by atoms with Crippen LogP contribution < -0.4 is 24.8 Å². The standard InChI is InChI=1S/C29H30N2O4S/c1-33-25-15-19(16-26(34-2)29(25)35-3)18-13-23-27(24(32)14-18)28(17-9-11-20(36-4)12-10-17)31-22-8-6-5-7-21(22)30-23/h5-12,15-16,18,28,30-31H,13-14H2,1-4H3. The SMILES string of the molecule is COc1cc(C2CC(=O)C3=C(C2)Nc2ccccc2NC3c2ccc(SC)cc2)cc(OC)c1OC. The Morgan fingerprint density at radius 2 is 1.50 bits per heavy atom. The van der Waals surface area contributed by atoms with Crippen molar-refractivity contribution in [2.75, 3.05) is 38.2 Å². The first-order valence-corrected chi connectivity index (χ1v) is 13.1. The molecule has 0 aromatic heterocycles. The first-order chi connectivity index (χ1) is 17.6. The number of anilines is 2. The van der Waals surface area contributed by atoms with Gasteiger partial charge < -0.3 is 24.8 Å². The average molecular weight is 503 g/mol. The molecular formula is C29H30N2O4S. The van der Waals surface area contributed by atoms with E-state index in [1.54, 1.807) is 33.1 Å². The molecule has 2 aliphatic rings. The highest BCUT2D eigenvalue weighted by Gasteiger charge is 2.36. The van der Waals surface area contributed by atoms with E-state index in [0.29, 0.717) is 30.1 Å². The van der Waals surface area contributed by atoms with Crippen LogP contribution in [0.15, 0.2) is 76.8 Å². The van der Waals surface area contributed by atoms with Crippen LogP contribution in [-0.4, -0.2) is 33.4 Å². The summed E-state index contributed by atoms with van der Waals surface area (Å²) in [5, 5.41) is 7.24. The van der Waals surface area contributed by atoms with Gasteiger partial charge in [0.1, 0.15) is 0 Å². The third-order valence-corrected chi connectivity index (χ3v) is 7.66. The minimum absolute atomic E-state index is 0.0257. The van der Waals surface area contributed by atoms with Crippen LogP contribution in [0.25, 0.3) is 0 Å². The molecule has 0 saturated heterocycles. The highest BCUT2D eigenvalue weighted by molar-refractivity contribution is 7.98. The highest BCUT2D eigenvalue weighted by Crippen LogP contribution is 2.47. The maximum absolute atomic E-state index is 13.8. The van der Waals surface area contributed by atoms with Gasteiger partial charge in [-0.15, -0.1) is 11.8 Å². The molecular weight excluding hydrogens is 472 g/mol. The molecule has 186 valence electrons. The second-order valence-corrected chi connectivity index (χ2v) is 9.78. The molecule has 2 N–H and O–H groups in total. The van der Waals surface area contributed by atoms with Gasteiger partial charge in [-0.2, -0.15) is 0 Å². The van der Waals surface area contributed by atoms with Crippen LogP contribution in [0.1, 0.15) is 35.9 Å². The highest BCUT2D eigenvalue weighted by atomic mass is 32.2. The Balaban J connectivity index is 1.58. The molecule has 0 amide bonds. The second kappa shape index (κ2) is 10.2. The van der Waals surface area contributed by atoms with Gasteiger partial charge in [-0.25, -0.2) is 0 Å². The van der Waals surface area contributed by atoms with E-state index >= 15 is 0 Å². The predicted octanol–water partition coefficient (Wildman–Crippen LogP) is 6.41. The lowest BCUT2D eigenvalue weighted by atomic mass is 9.78. The Bertz CT molecular complexity index is 1290. The third-order valence-electron chi connectivity index (χ3n) is 6.92. The quantitative estimate of drug-likeness (QED) is 0.377. The number of para-hydroxylation sites is 2. The fourth-order valence-corrected chi connectivity index (χ4v) is 5.52. The molecule has 2 atom stereocenters. The van der Waals surface area contributed by atoms with Gasteiger partial charge in [0.05, 0.1) is 38.7 Å². The van der Waals surface area contributed by atoms with Gasteiger partial charge >= 0.3 is 0 Å². The molecule has 0 fully saturated rings. The van der Waals surface area contributed by atoms with Gasteiger partial charge in [-0.1, -0.05) is 24.3 Å². The van der Waals surface area contributed by atoms with Crippen molar-refractivity contribution in [3.63, 3.8) is 0 Å². The minimum Gasteiger partial charge on any atom is -0.493 e. The molecule has 2 unspecified atom stereocenters. The van der Waals surface area contributed by atoms with Gasteiger partial charge in [0.15, 0.2) is 17.3 Å². The molecule has 3 aromatic carbocycles. The van der Waals surface area contributed by atoms with Crippen LogP contribution in [0.4, 0.5) is 11.4 Å². The van der Waals surface area contributed by atoms with Crippen LogP contribution in [0.5, 0.6) is 17.2 Å². The molecule has 36 heavy (non-hydrogen) atoms. The smallest absolute Gasteiger partial charge is 0.203 e. The summed E-state index contributed by atoms with van der Waals surface area (Å²) in [5.41, 5.74) is 5.73. The lowest BCUT2D eigenvalue weighted by Gasteiger charge is -2.30. The van der Waals surface area contributed by atoms with Crippen molar-refractivity contribution >= 4 is 28.9 Å². The second-order valence-electron chi connectivity index (χ2n) is 8.90. The van der Waals surface area contributed by atoms with Crippen molar-refractivity contribution in [2.45, 2.75) is 29.7 Å². The van der Waals surface area contributed by atoms with Crippen LogP contribution >= 0.6 is 11.8 Å². The maximum atomic E-state index is 13.8. The molecule has 0 saturated carbocycles. The zero-order valence-electron chi connectivity index (χ0n) is 20.9. The van der Waals surface area contributed by atoms with E-state index in [2.05, 4.69) is 41.2 Å². The zero-order valence-corrected chi connectivity index (χ0v) is 21.7. The van der Waals surface area contributed by atoms with Crippen LogP contribution in [0, 0.1) is 0 Å². The first kappa shape index (κ1) is 24.1. The summed E-state index contributed by atoms with van der Waals surface area (Å²) in [7, 11) is 4.80. The Morgan fingerprint density at radius 3 is 2.11 bits per heavy atom. The molecule has 1 heterocycles. The fourth-order valence-electron chi connectivity index (χ4n) is 5.11. The van der Waals surface area contributed by atoms with E-state index < -0.39 is 0 Å². The summed E-state index contributed by atoms with van der Waals surface area (Å²) in [6, 6.07) is 20.2. The number of ether oxygens (including phenoxy) is 3. The van der Waals surface area contributed by atoms with Crippen LogP contribution in [-0.2, 0) is 4.79 Å². The number of nitrogens with one attached hydrogen (secondary N) is 2. The number of ketones is 1. The van der Waals surface area contributed by atoms with E-state index in [4.69, 9.17) is 14.2 Å². The van der Waals surface area contributed by atoms with Crippen LogP contribution in [0.2, 0.25) is 0 Å². The Hall–Kier alpha value is -3.58. The summed E-state index contributed by atoms with van der Waals surface area (Å²) in [6.07, 6.45) is 3.15. The average Bonchev–Trinajstić information content (AvgIpc) is 3.09. The molecule has 0 radical (unpaired) electrons. The summed E-state index contributed by atoms with van der Waals surface area (Å²) in [4.78, 5) is 15.0. The fraction of sp³-hybridized carbons (Fsp3) is 0.276. The van der Waals surface area contributed by atoms with Crippen molar-refractivity contribution < 1.29 is 19.0 Å². The molecule has 1 aliphatic heterocycles. The molecule has 0 spiro atoms. The normalized spacial score (nSPS) is 18.8. The number of fused-ring (bicyclic) bond motifs is 1. The Labute approximate surface area is 216 Å². The van der Waals surface area contributed by atoms with Gasteiger partial charge in [0.25, 0.3) is 0 Å². The largest absolute Gasteiger partial charge is 0.493 e. The number of carbonyl (C=O) groups excluding carboxylic acids is 1. The third kappa shape index (κ3) is 4.39. The van der Waals surface area contributed by atoms with E-state index in [1.165, 1.54) is 4.90 Å². The van der Waals surface area contributed by atoms with E-state index in [0.717, 1.165) is 33.8 Å². The van der Waals surface area contributed by atoms with Gasteiger partial charge in [-0.05, 0) is 66.1 Å². The number of benzene rings is 3. The molecule has 7 heteroatoms. The lowest BCUT2D eigenvalue weighted by molar-refractivity contribution is -0.116. The minimum atomic E-state index is -0.236. The van der Waals surface area contributed by atoms with Gasteiger partial charge in [0.2, 0.25) is 5.75 Å². The summed E-state index contributed by atoms with van der Waals surface area (Å²) in [5.74, 6) is 1.83. The summed E-state index contributed by atoms with van der Waals surface area (Å²) < 4.78 is 16.6. The van der Waals surface area contributed by atoms with E-state index in [9.17, 15) is 4.79 Å². The molecule has 1 aliphatic carbocycles. The van der Waals surface area contributed by atoms with Gasteiger partial charge in [0, 0.05) is 22.6 Å². The number of hydrogen-bond donors (Lipinski definition) is 2. The van der Waals surface area contributed by atoms with Crippen molar-refractivity contribution in [3.8, 4) is 17.2 Å². The number of allylic oxidation sites excluding steroid dienone is 1. The molecule has 5 rings (SSSR count). The zero-order chi connectivity index (χ0) is 25.2. The summed E-state index contributed by atoms with van der Waals surface area (Å²) in [6.45, 7) is 0. The molecule has 0 bridgehead atoms. The van der Waals surface area contributed by atoms with Crippen molar-refractivity contribution in [2.24, 2.45) is 0 Å². The lowest BCUT2D eigenvalue weighted by Crippen LogP contribution is -2.27. The summed E-state index contributed by atoms with van der Waals surface area (Å²) >= 11 is 1.71. The number of Topliss-reactive ketones (excluding diaryl/α,β-unsaturated/α-hetero) is 1. The van der Waals surface area contributed by atoms with E-state index in [1.807, 2.05) is 36.4 Å². The first-order valence-electron chi connectivity index (χ1n) is 11.9. The number of hydrogen-bond acceptors (Lipinski definition) is 7. The monoisotopic (exact) mass is 502 g/mol. The number of rotatable bonds is 6. The topological polar surface area (TPSA) is 68.8 Å². The predicted molar refractivity (Wildman–Crippen MR) is 145 cm³/mol. The van der Waals surface area contributed by atoms with Crippen molar-refractivity contribution in [1.29, 1.82) is 0 Å². The number of methoxy groups -OCH3 is 3. The molecule has 6 nitrogen and oxygen atoms in total. The Kier molecular flexibility index (Phi) is 6.83. The number of thioether (sulfide) groups is 1. The Morgan fingerprint density at radius 1 is 0.833 bits per heavy atom. The molecule has 3 aromatic rings. The van der Waals surface area contributed by atoms with Gasteiger partial charge in [-0.3, -0.25) is 4.79 Å².